The van der Waals surface area contributed by atoms with Crippen molar-refractivity contribution in [1.29, 1.82) is 0 Å². The molecule has 1 rings (SSSR count). The molecular formula is C14H26O4. The van der Waals surface area contributed by atoms with Crippen LogP contribution in [0.25, 0.3) is 0 Å². The zero-order valence-corrected chi connectivity index (χ0v) is 11.8. The van der Waals surface area contributed by atoms with Gasteiger partial charge in [0.05, 0.1) is 6.10 Å². The van der Waals surface area contributed by atoms with Crippen molar-refractivity contribution in [3.8, 4) is 0 Å². The van der Waals surface area contributed by atoms with Crippen LogP contribution in [0, 0.1) is 5.41 Å². The van der Waals surface area contributed by atoms with Crippen molar-refractivity contribution in [2.45, 2.75) is 65.3 Å². The van der Waals surface area contributed by atoms with Crippen LogP contribution in [0.15, 0.2) is 0 Å². The van der Waals surface area contributed by atoms with E-state index in [-0.39, 0.29) is 24.8 Å². The average molecular weight is 258 g/mol. The van der Waals surface area contributed by atoms with Crippen LogP contribution in [0.1, 0.15) is 52.9 Å². The normalized spacial score (nSPS) is 22.8. The highest BCUT2D eigenvalue weighted by atomic mass is 16.7. The lowest BCUT2D eigenvalue weighted by molar-refractivity contribution is -0.211. The molecule has 1 saturated heterocycles. The van der Waals surface area contributed by atoms with E-state index in [2.05, 4.69) is 0 Å². The molecule has 0 bridgehead atoms. The molecule has 4 nitrogen and oxygen atoms in total. The third-order valence-corrected chi connectivity index (χ3v) is 3.69. The second-order valence-corrected chi connectivity index (χ2v) is 5.43. The van der Waals surface area contributed by atoms with Crippen molar-refractivity contribution in [2.75, 3.05) is 13.2 Å². The number of ketones is 1. The number of carbonyl (C=O) groups is 1. The minimum Gasteiger partial charge on any atom is -0.396 e. The number of ether oxygens (including phenoxy) is 2. The number of aliphatic hydroxyl groups excluding tert-OH is 1. The van der Waals surface area contributed by atoms with Crippen molar-refractivity contribution in [2.24, 2.45) is 5.41 Å². The highest BCUT2D eigenvalue weighted by Gasteiger charge is 2.37. The Labute approximate surface area is 110 Å². The first-order valence-corrected chi connectivity index (χ1v) is 6.93. The molecule has 0 aromatic carbocycles. The quantitative estimate of drug-likeness (QED) is 0.761. The molecule has 1 aliphatic rings. The van der Waals surface area contributed by atoms with Crippen molar-refractivity contribution in [3.63, 3.8) is 0 Å². The predicted octanol–water partition coefficient (Wildman–Crippen LogP) is 2.29. The van der Waals surface area contributed by atoms with Crippen LogP contribution in [0.4, 0.5) is 0 Å². The summed E-state index contributed by atoms with van der Waals surface area (Å²) in [5.74, 6) is 0.164. The van der Waals surface area contributed by atoms with Crippen molar-refractivity contribution < 1.29 is 19.4 Å². The van der Waals surface area contributed by atoms with Crippen LogP contribution >= 0.6 is 0 Å². The zero-order chi connectivity index (χ0) is 13.6. The maximum Gasteiger partial charge on any atom is 0.157 e. The molecule has 106 valence electrons. The van der Waals surface area contributed by atoms with Gasteiger partial charge in [-0.25, -0.2) is 0 Å². The molecule has 1 fully saturated rings. The summed E-state index contributed by atoms with van der Waals surface area (Å²) in [4.78, 5) is 12.0. The third-order valence-electron chi connectivity index (χ3n) is 3.69. The Morgan fingerprint density at radius 3 is 2.72 bits per heavy atom. The first-order valence-electron chi connectivity index (χ1n) is 6.93. The number of hydrogen-bond acceptors (Lipinski definition) is 4. The summed E-state index contributed by atoms with van der Waals surface area (Å²) in [7, 11) is 0. The number of rotatable bonds is 7. The van der Waals surface area contributed by atoms with Gasteiger partial charge in [0.2, 0.25) is 0 Å². The fraction of sp³-hybridized carbons (Fsp3) is 0.929. The maximum atomic E-state index is 12.0. The Kier molecular flexibility index (Phi) is 6.26. The van der Waals surface area contributed by atoms with Gasteiger partial charge >= 0.3 is 0 Å². The Hall–Kier alpha value is -0.450. The van der Waals surface area contributed by atoms with Crippen molar-refractivity contribution in [3.05, 3.63) is 0 Å². The Bertz CT molecular complexity index is 257. The van der Waals surface area contributed by atoms with Gasteiger partial charge < -0.3 is 14.6 Å². The monoisotopic (exact) mass is 258 g/mol. The van der Waals surface area contributed by atoms with Gasteiger partial charge in [-0.05, 0) is 25.7 Å². The second kappa shape index (κ2) is 7.22. The predicted molar refractivity (Wildman–Crippen MR) is 69.2 cm³/mol. The van der Waals surface area contributed by atoms with E-state index >= 15 is 0 Å². The van der Waals surface area contributed by atoms with Crippen LogP contribution in [0.3, 0.4) is 0 Å². The Balaban J connectivity index is 2.65. The molecule has 4 heteroatoms. The average Bonchev–Trinajstić information content (AvgIpc) is 2.38. The van der Waals surface area contributed by atoms with E-state index < -0.39 is 5.41 Å². The number of Topliss-reactive ketones (excluding diaryl/α,β-unsaturated/α-hetero) is 1. The standard InChI is InChI=1S/C14H26O4/c1-4-11(16)14(2,3)12(8-9-15)18-13-7-5-6-10-17-13/h12-13,15H,4-10H2,1-3H3/t12-,13?/m0/s1. The van der Waals surface area contributed by atoms with E-state index in [1.165, 1.54) is 0 Å². The van der Waals surface area contributed by atoms with Gasteiger partial charge in [-0.3, -0.25) is 4.79 Å². The fourth-order valence-electron chi connectivity index (χ4n) is 2.35. The molecule has 0 aromatic heterocycles. The third kappa shape index (κ3) is 4.04. The Morgan fingerprint density at radius 1 is 1.50 bits per heavy atom. The summed E-state index contributed by atoms with van der Waals surface area (Å²) in [6.07, 6.45) is 3.50. The second-order valence-electron chi connectivity index (χ2n) is 5.43. The topological polar surface area (TPSA) is 55.8 Å². The van der Waals surface area contributed by atoms with E-state index in [1.807, 2.05) is 20.8 Å². The van der Waals surface area contributed by atoms with Gasteiger partial charge in [0.1, 0.15) is 5.78 Å². The largest absolute Gasteiger partial charge is 0.396 e. The van der Waals surface area contributed by atoms with E-state index in [4.69, 9.17) is 14.6 Å². The molecule has 2 atom stereocenters. The zero-order valence-electron chi connectivity index (χ0n) is 11.8. The van der Waals surface area contributed by atoms with Crippen LogP contribution in [-0.2, 0) is 14.3 Å². The first kappa shape index (κ1) is 15.6. The highest BCUT2D eigenvalue weighted by Crippen LogP contribution is 2.31. The summed E-state index contributed by atoms with van der Waals surface area (Å²) in [6, 6.07) is 0. The number of carbonyl (C=O) groups excluding carboxylic acids is 1. The van der Waals surface area contributed by atoms with Crippen molar-refractivity contribution >= 4 is 5.78 Å². The molecule has 0 saturated carbocycles. The van der Waals surface area contributed by atoms with E-state index in [9.17, 15) is 4.79 Å². The molecule has 0 aliphatic carbocycles. The van der Waals surface area contributed by atoms with Crippen LogP contribution in [-0.4, -0.2) is 36.5 Å². The minimum absolute atomic E-state index is 0.0256. The fourth-order valence-corrected chi connectivity index (χ4v) is 2.35. The van der Waals surface area contributed by atoms with Crippen LogP contribution in [0.5, 0.6) is 0 Å². The number of aliphatic hydroxyl groups is 1. The lowest BCUT2D eigenvalue weighted by Crippen LogP contribution is -2.42. The van der Waals surface area contributed by atoms with E-state index in [0.29, 0.717) is 12.8 Å². The smallest absolute Gasteiger partial charge is 0.157 e. The molecule has 0 spiro atoms. The first-order chi connectivity index (χ1) is 8.52. The summed E-state index contributed by atoms with van der Waals surface area (Å²) in [5.41, 5.74) is -0.571. The molecule has 0 radical (unpaired) electrons. The summed E-state index contributed by atoms with van der Waals surface area (Å²) >= 11 is 0. The molecular weight excluding hydrogens is 232 g/mol. The molecule has 0 aromatic rings. The van der Waals surface area contributed by atoms with Gasteiger partial charge in [0.25, 0.3) is 0 Å². The molecule has 18 heavy (non-hydrogen) atoms. The molecule has 1 heterocycles. The van der Waals surface area contributed by atoms with Gasteiger partial charge in [-0.15, -0.1) is 0 Å². The highest BCUT2D eigenvalue weighted by molar-refractivity contribution is 5.84. The molecule has 1 aliphatic heterocycles. The summed E-state index contributed by atoms with van der Waals surface area (Å²) < 4.78 is 11.5. The molecule has 1 N–H and O–H groups in total. The van der Waals surface area contributed by atoms with Gasteiger partial charge in [-0.1, -0.05) is 20.8 Å². The molecule has 0 amide bonds. The Morgan fingerprint density at radius 2 is 2.22 bits per heavy atom. The van der Waals surface area contributed by atoms with Gasteiger partial charge in [-0.2, -0.15) is 0 Å². The van der Waals surface area contributed by atoms with Crippen molar-refractivity contribution in [1.82, 2.24) is 0 Å². The summed E-state index contributed by atoms with van der Waals surface area (Å²) in [6.45, 7) is 6.39. The van der Waals surface area contributed by atoms with E-state index in [0.717, 1.165) is 25.9 Å². The maximum absolute atomic E-state index is 12.0. The number of hydrogen-bond donors (Lipinski definition) is 1. The lowest BCUT2D eigenvalue weighted by atomic mass is 9.79. The van der Waals surface area contributed by atoms with Gasteiger partial charge in [0, 0.05) is 25.0 Å². The summed E-state index contributed by atoms with van der Waals surface area (Å²) in [5, 5.41) is 9.15. The van der Waals surface area contributed by atoms with E-state index in [1.54, 1.807) is 0 Å². The SMILES string of the molecule is CCC(=O)C(C)(C)[C@H](CCO)OC1CCCCO1. The van der Waals surface area contributed by atoms with Crippen LogP contribution < -0.4 is 0 Å². The minimum atomic E-state index is -0.571. The molecule has 1 unspecified atom stereocenters. The van der Waals surface area contributed by atoms with Crippen LogP contribution in [0.2, 0.25) is 0 Å². The lowest BCUT2D eigenvalue weighted by Gasteiger charge is -2.36. The van der Waals surface area contributed by atoms with Gasteiger partial charge in [0.15, 0.2) is 6.29 Å².